The average Bonchev–Trinajstić information content (AvgIpc) is 3.41. The number of carbonyl (C=O) groups is 3. The highest BCUT2D eigenvalue weighted by atomic mass is 16.5. The number of anilines is 1. The van der Waals surface area contributed by atoms with Crippen molar-refractivity contribution in [2.24, 2.45) is 5.92 Å². The smallest absolute Gasteiger partial charge is 0.227 e. The molecular formula is C33H43N5O4. The molecule has 0 unspecified atom stereocenters. The van der Waals surface area contributed by atoms with Crippen molar-refractivity contribution in [3.8, 4) is 22.5 Å². The number of hydrogen-bond acceptors (Lipinski definition) is 6. The Bertz CT molecular complexity index is 1430. The molecule has 2 N–H and O–H groups in total. The summed E-state index contributed by atoms with van der Waals surface area (Å²) in [5.74, 6) is -0.0643. The Morgan fingerprint density at radius 2 is 1.55 bits per heavy atom. The summed E-state index contributed by atoms with van der Waals surface area (Å²) in [5, 5.41) is 14.6. The van der Waals surface area contributed by atoms with Crippen LogP contribution in [0.25, 0.3) is 22.5 Å². The fourth-order valence-corrected chi connectivity index (χ4v) is 5.11. The number of amides is 2. The van der Waals surface area contributed by atoms with Gasteiger partial charge in [-0.1, -0.05) is 56.3 Å². The molecule has 0 spiro atoms. The van der Waals surface area contributed by atoms with Crippen LogP contribution in [-0.2, 0) is 25.7 Å². The van der Waals surface area contributed by atoms with E-state index in [1.54, 1.807) is 4.90 Å². The Labute approximate surface area is 248 Å². The lowest BCUT2D eigenvalue weighted by Gasteiger charge is -2.31. The van der Waals surface area contributed by atoms with Crippen molar-refractivity contribution >= 4 is 23.3 Å². The highest BCUT2D eigenvalue weighted by Gasteiger charge is 2.29. The van der Waals surface area contributed by atoms with Crippen LogP contribution in [0.5, 0.6) is 0 Å². The third-order valence-corrected chi connectivity index (χ3v) is 7.78. The van der Waals surface area contributed by atoms with Crippen molar-refractivity contribution < 1.29 is 19.1 Å². The lowest BCUT2D eigenvalue weighted by atomic mass is 9.95. The minimum atomic E-state index is -0.515. The van der Waals surface area contributed by atoms with Gasteiger partial charge in [-0.15, -0.1) is 0 Å². The van der Waals surface area contributed by atoms with E-state index in [0.29, 0.717) is 38.1 Å². The maximum absolute atomic E-state index is 13.6. The quantitative estimate of drug-likeness (QED) is 0.281. The molecule has 0 saturated carbocycles. The predicted molar refractivity (Wildman–Crippen MR) is 164 cm³/mol. The third-order valence-electron chi connectivity index (χ3n) is 7.78. The Hall–Kier alpha value is -3.85. The Morgan fingerprint density at radius 3 is 2.26 bits per heavy atom. The second-order valence-electron chi connectivity index (χ2n) is 12.6. The molecule has 0 fully saturated rings. The largest absolute Gasteiger partial charge is 0.375 e. The molecule has 9 heteroatoms. The van der Waals surface area contributed by atoms with Crippen LogP contribution in [-0.4, -0.2) is 50.8 Å². The van der Waals surface area contributed by atoms with Crippen LogP contribution in [0.2, 0.25) is 0 Å². The molecular weight excluding hydrogens is 530 g/mol. The van der Waals surface area contributed by atoms with E-state index in [9.17, 15) is 14.4 Å². The van der Waals surface area contributed by atoms with Crippen LogP contribution in [0.4, 0.5) is 5.69 Å². The summed E-state index contributed by atoms with van der Waals surface area (Å²) in [7, 11) is 0. The highest BCUT2D eigenvalue weighted by Crippen LogP contribution is 2.40. The van der Waals surface area contributed by atoms with E-state index in [2.05, 4.69) is 20.7 Å². The van der Waals surface area contributed by atoms with E-state index in [-0.39, 0.29) is 36.4 Å². The zero-order valence-corrected chi connectivity index (χ0v) is 25.6. The van der Waals surface area contributed by atoms with Gasteiger partial charge in [-0.25, -0.2) is 0 Å². The standard InChI is InChI=1S/C33H43N5O4/c1-22(2)27(39)17-18-33(5,6)42-20-19-32(3,4)34-28(40)15-16-29(41)38-21-23-11-7-8-12-24(23)30-31(36-37-35-30)25-13-9-10-14-26(25)38/h7-14,22H,15-21H2,1-6H3,(H,34,40)(H,35,36,37). The molecule has 0 atom stereocenters. The molecule has 0 aliphatic carbocycles. The zero-order valence-electron chi connectivity index (χ0n) is 25.6. The number of rotatable bonds is 12. The maximum atomic E-state index is 13.6. The topological polar surface area (TPSA) is 117 Å². The normalized spacial score (nSPS) is 13.1. The van der Waals surface area contributed by atoms with Crippen LogP contribution in [0.15, 0.2) is 48.5 Å². The number of aromatic nitrogens is 3. The van der Waals surface area contributed by atoms with E-state index < -0.39 is 11.1 Å². The van der Waals surface area contributed by atoms with Crippen LogP contribution >= 0.6 is 0 Å². The first-order valence-corrected chi connectivity index (χ1v) is 14.7. The predicted octanol–water partition coefficient (Wildman–Crippen LogP) is 5.85. The van der Waals surface area contributed by atoms with Gasteiger partial charge in [0, 0.05) is 48.5 Å². The van der Waals surface area contributed by atoms with Gasteiger partial charge in [0.1, 0.15) is 17.2 Å². The molecule has 0 radical (unpaired) electrons. The number of aromatic amines is 1. The second kappa shape index (κ2) is 13.0. The fourth-order valence-electron chi connectivity index (χ4n) is 5.11. The van der Waals surface area contributed by atoms with Crippen LogP contribution < -0.4 is 10.2 Å². The summed E-state index contributed by atoms with van der Waals surface area (Å²) < 4.78 is 6.08. The molecule has 42 heavy (non-hydrogen) atoms. The molecule has 2 heterocycles. The minimum absolute atomic E-state index is 0.0255. The number of fused-ring (bicyclic) bond motifs is 5. The fraction of sp³-hybridized carbons (Fsp3) is 0.485. The molecule has 224 valence electrons. The van der Waals surface area contributed by atoms with E-state index in [1.165, 1.54) is 0 Å². The monoisotopic (exact) mass is 573 g/mol. The zero-order chi connectivity index (χ0) is 30.5. The van der Waals surface area contributed by atoms with Crippen molar-refractivity contribution in [3.63, 3.8) is 0 Å². The van der Waals surface area contributed by atoms with Gasteiger partial charge in [0.15, 0.2) is 0 Å². The molecule has 4 rings (SSSR count). The Balaban J connectivity index is 1.36. The Kier molecular flexibility index (Phi) is 9.61. The summed E-state index contributed by atoms with van der Waals surface area (Å²) in [4.78, 5) is 40.4. The summed E-state index contributed by atoms with van der Waals surface area (Å²) >= 11 is 0. The lowest BCUT2D eigenvalue weighted by Crippen LogP contribution is -2.45. The van der Waals surface area contributed by atoms with Crippen LogP contribution in [0.3, 0.4) is 0 Å². The first kappa shape index (κ1) is 31.1. The van der Waals surface area contributed by atoms with Crippen molar-refractivity contribution in [1.82, 2.24) is 20.7 Å². The number of ketones is 1. The number of Topliss-reactive ketones (excluding diaryl/α,β-unsaturated/α-hetero) is 1. The van der Waals surface area contributed by atoms with Gasteiger partial charge >= 0.3 is 0 Å². The molecule has 1 aliphatic rings. The number of hydrogen-bond donors (Lipinski definition) is 2. The van der Waals surface area contributed by atoms with Crippen LogP contribution in [0, 0.1) is 5.92 Å². The van der Waals surface area contributed by atoms with Gasteiger partial charge < -0.3 is 15.0 Å². The molecule has 3 aromatic rings. The summed E-state index contributed by atoms with van der Waals surface area (Å²) in [6, 6.07) is 15.5. The summed E-state index contributed by atoms with van der Waals surface area (Å²) in [6.45, 7) is 12.5. The van der Waals surface area contributed by atoms with E-state index in [1.807, 2.05) is 90.1 Å². The average molecular weight is 574 g/mol. The number of carbonyl (C=O) groups excluding carboxylic acids is 3. The number of benzene rings is 2. The Morgan fingerprint density at radius 1 is 0.905 bits per heavy atom. The number of H-pyrrole nitrogens is 1. The van der Waals surface area contributed by atoms with Crippen LogP contribution in [0.1, 0.15) is 79.2 Å². The van der Waals surface area contributed by atoms with Crippen molar-refractivity contribution in [1.29, 1.82) is 0 Å². The molecule has 0 bridgehead atoms. The molecule has 0 saturated heterocycles. The van der Waals surface area contributed by atoms with Gasteiger partial charge in [-0.05, 0) is 52.2 Å². The highest BCUT2D eigenvalue weighted by molar-refractivity contribution is 6.01. The molecule has 1 aliphatic heterocycles. The number of para-hydroxylation sites is 1. The number of ether oxygens (including phenoxy) is 1. The summed E-state index contributed by atoms with van der Waals surface area (Å²) in [5.41, 5.74) is 3.93. The van der Waals surface area contributed by atoms with Crippen molar-refractivity contribution in [2.75, 3.05) is 11.5 Å². The van der Waals surface area contributed by atoms with E-state index >= 15 is 0 Å². The van der Waals surface area contributed by atoms with Gasteiger partial charge in [0.05, 0.1) is 17.8 Å². The van der Waals surface area contributed by atoms with E-state index in [4.69, 9.17) is 4.74 Å². The third kappa shape index (κ3) is 7.70. The molecule has 9 nitrogen and oxygen atoms in total. The van der Waals surface area contributed by atoms with E-state index in [0.717, 1.165) is 28.1 Å². The molecule has 2 aromatic carbocycles. The lowest BCUT2D eigenvalue weighted by molar-refractivity contribution is -0.127. The van der Waals surface area contributed by atoms with Gasteiger partial charge in [0.2, 0.25) is 11.8 Å². The number of nitrogens with one attached hydrogen (secondary N) is 2. The van der Waals surface area contributed by atoms with Gasteiger partial charge in [0.25, 0.3) is 0 Å². The van der Waals surface area contributed by atoms with Crippen molar-refractivity contribution in [2.45, 2.75) is 91.3 Å². The SMILES string of the molecule is CC(C)C(=O)CCC(C)(C)OCCC(C)(C)NC(=O)CCC(=O)N1Cc2ccccc2-c2n[nH]nc2-c2ccccc21. The second-order valence-corrected chi connectivity index (χ2v) is 12.6. The van der Waals surface area contributed by atoms with Gasteiger partial charge in [-0.3, -0.25) is 14.4 Å². The first-order chi connectivity index (χ1) is 19.9. The van der Waals surface area contributed by atoms with Gasteiger partial charge in [-0.2, -0.15) is 15.4 Å². The molecule has 2 amide bonds. The molecule has 1 aromatic heterocycles. The first-order valence-electron chi connectivity index (χ1n) is 14.7. The number of nitrogens with zero attached hydrogens (tertiary/aromatic N) is 3. The minimum Gasteiger partial charge on any atom is -0.375 e. The summed E-state index contributed by atoms with van der Waals surface area (Å²) in [6.07, 6.45) is 1.89. The maximum Gasteiger partial charge on any atom is 0.227 e. The van der Waals surface area contributed by atoms with Crippen molar-refractivity contribution in [3.05, 3.63) is 54.1 Å².